The van der Waals surface area contributed by atoms with E-state index in [1.807, 2.05) is 24.4 Å². The molecule has 0 aliphatic rings. The second-order valence-corrected chi connectivity index (χ2v) is 5.39. The number of H-pyrrole nitrogens is 1. The van der Waals surface area contributed by atoms with Gasteiger partial charge in [-0.05, 0) is 19.1 Å². The zero-order chi connectivity index (χ0) is 17.4. The number of nitrogens with zero attached hydrogens (tertiary/aromatic N) is 4. The number of carbonyl (C=O) groups is 1. The molecule has 4 aromatic rings. The molecule has 8 heteroatoms. The van der Waals surface area contributed by atoms with Crippen LogP contribution in [0.15, 0.2) is 36.8 Å². The van der Waals surface area contributed by atoms with Crippen LogP contribution in [0.3, 0.4) is 0 Å². The maximum Gasteiger partial charge on any atom is 0.343 e. The van der Waals surface area contributed by atoms with E-state index in [0.717, 1.165) is 16.6 Å². The third-order valence-corrected chi connectivity index (χ3v) is 3.95. The highest BCUT2D eigenvalue weighted by Gasteiger charge is 2.19. The number of anilines is 1. The van der Waals surface area contributed by atoms with Crippen molar-refractivity contribution >= 4 is 28.5 Å². The van der Waals surface area contributed by atoms with Crippen LogP contribution >= 0.6 is 0 Å². The van der Waals surface area contributed by atoms with Gasteiger partial charge in [0.1, 0.15) is 17.0 Å². The topological polar surface area (TPSA) is 97.2 Å². The van der Waals surface area contributed by atoms with Gasteiger partial charge in [0.2, 0.25) is 0 Å². The fourth-order valence-electron chi connectivity index (χ4n) is 2.80. The summed E-state index contributed by atoms with van der Waals surface area (Å²) in [6.07, 6.45) is 5.06. The van der Waals surface area contributed by atoms with Crippen LogP contribution < -0.4 is 5.32 Å². The molecule has 4 rings (SSSR count). The van der Waals surface area contributed by atoms with Crippen molar-refractivity contribution in [1.82, 2.24) is 24.6 Å². The van der Waals surface area contributed by atoms with E-state index in [4.69, 9.17) is 4.74 Å². The van der Waals surface area contributed by atoms with Crippen molar-refractivity contribution in [2.75, 3.05) is 19.0 Å². The highest BCUT2D eigenvalue weighted by Crippen LogP contribution is 2.29. The number of carbonyl (C=O) groups excluding carboxylic acids is 1. The van der Waals surface area contributed by atoms with Crippen LogP contribution in [-0.4, -0.2) is 44.2 Å². The molecule has 0 spiro atoms. The van der Waals surface area contributed by atoms with Crippen molar-refractivity contribution in [2.24, 2.45) is 0 Å². The SMILES string of the molecule is CCOC(=O)c1cnn2c(NC)cc(-c3c[nH]c4ncccc34)nc12. The summed E-state index contributed by atoms with van der Waals surface area (Å²) < 4.78 is 6.69. The Morgan fingerprint density at radius 3 is 3.12 bits per heavy atom. The van der Waals surface area contributed by atoms with Gasteiger partial charge in [-0.3, -0.25) is 0 Å². The minimum Gasteiger partial charge on any atom is -0.462 e. The number of hydrogen-bond donors (Lipinski definition) is 2. The molecule has 0 aliphatic heterocycles. The van der Waals surface area contributed by atoms with E-state index in [2.05, 4.69) is 25.4 Å². The molecule has 8 nitrogen and oxygen atoms in total. The molecule has 2 N–H and O–H groups in total. The van der Waals surface area contributed by atoms with Gasteiger partial charge in [-0.15, -0.1) is 0 Å². The molecule has 0 radical (unpaired) electrons. The Bertz CT molecular complexity index is 1080. The van der Waals surface area contributed by atoms with Crippen LogP contribution in [0.5, 0.6) is 0 Å². The Morgan fingerprint density at radius 1 is 1.44 bits per heavy atom. The molecule has 0 amide bonds. The summed E-state index contributed by atoms with van der Waals surface area (Å²) in [5.74, 6) is 0.276. The molecule has 4 aromatic heterocycles. The van der Waals surface area contributed by atoms with E-state index in [9.17, 15) is 4.79 Å². The third-order valence-electron chi connectivity index (χ3n) is 3.95. The minimum atomic E-state index is -0.440. The first-order chi connectivity index (χ1) is 12.2. The van der Waals surface area contributed by atoms with Gasteiger partial charge in [-0.25, -0.2) is 14.8 Å². The van der Waals surface area contributed by atoms with Gasteiger partial charge in [-0.1, -0.05) is 0 Å². The number of aromatic amines is 1. The molecular formula is C17H16N6O2. The van der Waals surface area contributed by atoms with Crippen molar-refractivity contribution in [1.29, 1.82) is 0 Å². The summed E-state index contributed by atoms with van der Waals surface area (Å²) in [5, 5.41) is 8.29. The lowest BCUT2D eigenvalue weighted by atomic mass is 10.1. The first kappa shape index (κ1) is 15.1. The number of rotatable bonds is 4. The summed E-state index contributed by atoms with van der Waals surface area (Å²) in [6, 6.07) is 5.73. The second-order valence-electron chi connectivity index (χ2n) is 5.39. The van der Waals surface area contributed by atoms with Crippen molar-refractivity contribution in [3.8, 4) is 11.3 Å². The fraction of sp³-hybridized carbons (Fsp3) is 0.176. The zero-order valence-corrected chi connectivity index (χ0v) is 13.8. The van der Waals surface area contributed by atoms with Crippen LogP contribution in [-0.2, 0) is 4.74 Å². The maximum absolute atomic E-state index is 12.2. The molecule has 4 heterocycles. The predicted octanol–water partition coefficient (Wildman–Crippen LogP) is 2.49. The summed E-state index contributed by atoms with van der Waals surface area (Å²) in [4.78, 5) is 24.3. The highest BCUT2D eigenvalue weighted by atomic mass is 16.5. The number of aromatic nitrogens is 5. The molecule has 126 valence electrons. The van der Waals surface area contributed by atoms with Crippen LogP contribution in [0.25, 0.3) is 27.9 Å². The van der Waals surface area contributed by atoms with E-state index in [1.54, 1.807) is 24.7 Å². The molecule has 0 aromatic carbocycles. The van der Waals surface area contributed by atoms with E-state index in [0.29, 0.717) is 29.3 Å². The van der Waals surface area contributed by atoms with Crippen molar-refractivity contribution in [2.45, 2.75) is 6.92 Å². The largest absolute Gasteiger partial charge is 0.462 e. The van der Waals surface area contributed by atoms with E-state index in [-0.39, 0.29) is 0 Å². The normalized spacial score (nSPS) is 11.1. The molecule has 25 heavy (non-hydrogen) atoms. The van der Waals surface area contributed by atoms with Crippen LogP contribution in [0.2, 0.25) is 0 Å². The lowest BCUT2D eigenvalue weighted by Crippen LogP contribution is -2.07. The van der Waals surface area contributed by atoms with Gasteiger partial charge in [0, 0.05) is 36.5 Å². The van der Waals surface area contributed by atoms with E-state index in [1.165, 1.54) is 6.20 Å². The van der Waals surface area contributed by atoms with Gasteiger partial charge < -0.3 is 15.0 Å². The van der Waals surface area contributed by atoms with Crippen LogP contribution in [0, 0.1) is 0 Å². The summed E-state index contributed by atoms with van der Waals surface area (Å²) >= 11 is 0. The number of hydrogen-bond acceptors (Lipinski definition) is 6. The number of pyridine rings is 1. The highest BCUT2D eigenvalue weighted by molar-refractivity contribution is 5.97. The maximum atomic E-state index is 12.2. The number of esters is 1. The first-order valence-corrected chi connectivity index (χ1v) is 7.89. The van der Waals surface area contributed by atoms with E-state index >= 15 is 0 Å². The Morgan fingerprint density at radius 2 is 2.32 bits per heavy atom. The Balaban J connectivity index is 1.95. The molecule has 0 unspecified atom stereocenters. The molecule has 0 saturated carbocycles. The van der Waals surface area contributed by atoms with E-state index < -0.39 is 5.97 Å². The quantitative estimate of drug-likeness (QED) is 0.556. The van der Waals surface area contributed by atoms with Gasteiger partial charge in [0.15, 0.2) is 5.65 Å². The van der Waals surface area contributed by atoms with Gasteiger partial charge in [0.25, 0.3) is 0 Å². The summed E-state index contributed by atoms with van der Waals surface area (Å²) in [5.41, 5.74) is 3.17. The lowest BCUT2D eigenvalue weighted by Gasteiger charge is -2.08. The summed E-state index contributed by atoms with van der Waals surface area (Å²) in [7, 11) is 1.79. The molecule has 0 fully saturated rings. The van der Waals surface area contributed by atoms with Crippen molar-refractivity contribution in [3.63, 3.8) is 0 Å². The van der Waals surface area contributed by atoms with Gasteiger partial charge in [0.05, 0.1) is 18.5 Å². The van der Waals surface area contributed by atoms with Crippen molar-refractivity contribution < 1.29 is 9.53 Å². The molecular weight excluding hydrogens is 320 g/mol. The third kappa shape index (κ3) is 2.38. The molecule has 0 saturated heterocycles. The first-order valence-electron chi connectivity index (χ1n) is 7.89. The summed E-state index contributed by atoms with van der Waals surface area (Å²) in [6.45, 7) is 2.06. The molecule has 0 atom stereocenters. The number of fused-ring (bicyclic) bond motifs is 2. The van der Waals surface area contributed by atoms with Crippen molar-refractivity contribution in [3.05, 3.63) is 42.4 Å². The van der Waals surface area contributed by atoms with Gasteiger partial charge in [-0.2, -0.15) is 9.61 Å². The second kappa shape index (κ2) is 5.90. The Labute approximate surface area is 142 Å². The fourth-order valence-corrected chi connectivity index (χ4v) is 2.80. The average molecular weight is 336 g/mol. The standard InChI is InChI=1S/C17H16N6O2/c1-3-25-17(24)12-9-21-23-14(18-2)7-13(22-16(12)23)11-8-20-15-10(11)5-4-6-19-15/h4-9,18H,3H2,1-2H3,(H,19,20). The smallest absolute Gasteiger partial charge is 0.343 e. The average Bonchev–Trinajstić information content (AvgIpc) is 3.25. The molecule has 0 bridgehead atoms. The van der Waals surface area contributed by atoms with Crippen LogP contribution in [0.1, 0.15) is 17.3 Å². The monoisotopic (exact) mass is 336 g/mol. The van der Waals surface area contributed by atoms with Gasteiger partial charge >= 0.3 is 5.97 Å². The zero-order valence-electron chi connectivity index (χ0n) is 13.8. The molecule has 0 aliphatic carbocycles. The number of ether oxygens (including phenoxy) is 1. The predicted molar refractivity (Wildman–Crippen MR) is 93.6 cm³/mol. The lowest BCUT2D eigenvalue weighted by molar-refractivity contribution is 0.0528. The minimum absolute atomic E-state index is 0.295. The number of nitrogens with one attached hydrogen (secondary N) is 2. The van der Waals surface area contributed by atoms with Crippen LogP contribution in [0.4, 0.5) is 5.82 Å². The Hall–Kier alpha value is -3.42. The Kier molecular flexibility index (Phi) is 3.57.